The van der Waals surface area contributed by atoms with Crippen LogP contribution in [0.2, 0.25) is 0 Å². The molecule has 2 amide bonds. The standard InChI is InChI=1S/C25H30N10O6S2/c1-2-41-31-17(20-30-25(26)43-32-20)21(37)29-18-22(38)35-19(24(39)40)14(13-42-23(18)35)12-33-8-3-5-15-16(33)11-28-34(15)9-4-6-27-7-10-36/h3,5,8,11,18,23,27,36H,2,4,6-7,9-10,12-13H2,1H3,(H3-,26,29,30,32,37,39,40)/p+1/b31-17+/t18-,23-/m1/s1. The molecule has 1 saturated heterocycles. The second kappa shape index (κ2) is 13.4. The number of oxime groups is 1. The van der Waals surface area contributed by atoms with Crippen molar-refractivity contribution in [1.29, 1.82) is 0 Å². The van der Waals surface area contributed by atoms with Crippen LogP contribution in [-0.2, 0) is 32.3 Å². The number of carbonyl (C=O) groups excluding carboxylic acids is 2. The van der Waals surface area contributed by atoms with Gasteiger partial charge in [-0.05, 0) is 26.0 Å². The molecule has 2 aliphatic rings. The number of nitrogens with one attached hydrogen (secondary N) is 2. The van der Waals surface area contributed by atoms with Gasteiger partial charge in [-0.15, -0.1) is 11.8 Å². The van der Waals surface area contributed by atoms with E-state index < -0.39 is 29.2 Å². The van der Waals surface area contributed by atoms with Crippen LogP contribution in [0.25, 0.3) is 11.0 Å². The Morgan fingerprint density at radius 3 is 2.91 bits per heavy atom. The summed E-state index contributed by atoms with van der Waals surface area (Å²) in [7, 11) is 0. The summed E-state index contributed by atoms with van der Waals surface area (Å²) in [5.41, 5.74) is 7.60. The van der Waals surface area contributed by atoms with Crippen LogP contribution in [0.5, 0.6) is 0 Å². The van der Waals surface area contributed by atoms with Crippen LogP contribution >= 0.6 is 23.3 Å². The molecule has 0 saturated carbocycles. The van der Waals surface area contributed by atoms with Gasteiger partial charge < -0.3 is 31.4 Å². The smallest absolute Gasteiger partial charge is 0.352 e. The highest BCUT2D eigenvalue weighted by Gasteiger charge is 2.55. The monoisotopic (exact) mass is 631 g/mol. The molecule has 6 N–H and O–H groups in total. The van der Waals surface area contributed by atoms with Gasteiger partial charge in [0.15, 0.2) is 17.9 Å². The van der Waals surface area contributed by atoms with E-state index in [2.05, 4.69) is 30.2 Å². The van der Waals surface area contributed by atoms with Crippen LogP contribution in [0.4, 0.5) is 5.13 Å². The number of nitrogen functional groups attached to an aromatic ring is 1. The SMILES string of the molecule is CCO/N=C(/C(=O)N[C@@H]1C(=O)N2C(C(=O)O)=C(C[n+]3cccc4c3cnn4CCCNCCO)CS[C@H]12)c1nsc(N)n1. The molecule has 0 unspecified atom stereocenters. The highest BCUT2D eigenvalue weighted by atomic mass is 32.2. The predicted molar refractivity (Wildman–Crippen MR) is 157 cm³/mol. The van der Waals surface area contributed by atoms with Crippen molar-refractivity contribution in [3.63, 3.8) is 0 Å². The Bertz CT molecular complexity index is 1590. The molecule has 0 spiro atoms. The molecule has 3 aromatic rings. The predicted octanol–water partition coefficient (Wildman–Crippen LogP) is -1.09. The van der Waals surface area contributed by atoms with Gasteiger partial charge in [0.05, 0.1) is 6.61 Å². The van der Waals surface area contributed by atoms with Crippen LogP contribution in [-0.4, -0.2) is 101 Å². The van der Waals surface area contributed by atoms with E-state index in [1.165, 1.54) is 16.7 Å². The third kappa shape index (κ3) is 6.31. The van der Waals surface area contributed by atoms with E-state index in [-0.39, 0.29) is 42.1 Å². The molecule has 5 rings (SSSR count). The van der Waals surface area contributed by atoms with E-state index in [0.717, 1.165) is 35.5 Å². The van der Waals surface area contributed by atoms with Gasteiger partial charge in [0.25, 0.3) is 17.3 Å². The lowest BCUT2D eigenvalue weighted by molar-refractivity contribution is -0.663. The van der Waals surface area contributed by atoms with Crippen molar-refractivity contribution in [3.8, 4) is 0 Å². The van der Waals surface area contributed by atoms with E-state index in [1.807, 2.05) is 27.6 Å². The van der Waals surface area contributed by atoms with Crippen molar-refractivity contribution in [2.75, 3.05) is 37.8 Å². The number of β-lactam (4-membered cyclic amide) rings is 1. The first-order valence-electron chi connectivity index (χ1n) is 13.5. The molecule has 3 aromatic heterocycles. The molecule has 228 valence electrons. The number of anilines is 1. The zero-order chi connectivity index (χ0) is 30.5. The number of aliphatic carboxylic acids is 1. The summed E-state index contributed by atoms with van der Waals surface area (Å²) in [4.78, 5) is 49.0. The minimum atomic E-state index is -1.22. The van der Waals surface area contributed by atoms with E-state index in [4.69, 9.17) is 15.7 Å². The van der Waals surface area contributed by atoms with E-state index >= 15 is 0 Å². The van der Waals surface area contributed by atoms with Gasteiger partial charge in [0.1, 0.15) is 35.4 Å². The molecule has 1 fully saturated rings. The first-order valence-corrected chi connectivity index (χ1v) is 15.3. The van der Waals surface area contributed by atoms with Crippen LogP contribution in [0.3, 0.4) is 0 Å². The van der Waals surface area contributed by atoms with Crippen LogP contribution < -0.4 is 20.9 Å². The number of carboxylic acids is 1. The van der Waals surface area contributed by atoms with Gasteiger partial charge in [0.2, 0.25) is 11.5 Å². The van der Waals surface area contributed by atoms with Crippen molar-refractivity contribution in [2.45, 2.75) is 37.8 Å². The summed E-state index contributed by atoms with van der Waals surface area (Å²) in [6.45, 7) is 4.16. The highest BCUT2D eigenvalue weighted by molar-refractivity contribution is 8.00. The maximum absolute atomic E-state index is 13.2. The average molecular weight is 632 g/mol. The number of aromatic nitrogens is 5. The molecule has 0 bridgehead atoms. The number of nitrogens with two attached hydrogens (primary N) is 1. The second-order valence-electron chi connectivity index (χ2n) is 9.53. The lowest BCUT2D eigenvalue weighted by Gasteiger charge is -2.49. The first-order chi connectivity index (χ1) is 20.8. The van der Waals surface area contributed by atoms with Gasteiger partial charge in [0, 0.05) is 42.0 Å². The maximum Gasteiger partial charge on any atom is 0.352 e. The van der Waals surface area contributed by atoms with Gasteiger partial charge in [-0.2, -0.15) is 19.0 Å². The molecule has 2 atom stereocenters. The molecule has 16 nitrogen and oxygen atoms in total. The number of aliphatic hydroxyl groups is 1. The van der Waals surface area contributed by atoms with Crippen molar-refractivity contribution >= 4 is 63.0 Å². The molecular weight excluding hydrogens is 600 g/mol. The number of pyridine rings is 1. The Balaban J connectivity index is 1.32. The molecule has 0 aliphatic carbocycles. The van der Waals surface area contributed by atoms with Crippen molar-refractivity contribution in [3.05, 3.63) is 41.6 Å². The minimum absolute atomic E-state index is 0.0327. The first kappa shape index (κ1) is 30.3. The normalized spacial score (nSPS) is 18.5. The zero-order valence-electron chi connectivity index (χ0n) is 23.2. The molecule has 0 aromatic carbocycles. The van der Waals surface area contributed by atoms with Crippen LogP contribution in [0.15, 0.2) is 41.0 Å². The fraction of sp³-hybridized carbons (Fsp3) is 0.440. The van der Waals surface area contributed by atoms with Crippen molar-refractivity contribution < 1.29 is 34.0 Å². The fourth-order valence-electron chi connectivity index (χ4n) is 4.83. The number of rotatable bonds is 14. The summed E-state index contributed by atoms with van der Waals surface area (Å²) in [5.74, 6) is -2.21. The summed E-state index contributed by atoms with van der Waals surface area (Å²) in [6.07, 6.45) is 4.41. The Labute approximate surface area is 253 Å². The Morgan fingerprint density at radius 1 is 1.35 bits per heavy atom. The summed E-state index contributed by atoms with van der Waals surface area (Å²) >= 11 is 2.25. The van der Waals surface area contributed by atoms with E-state index in [0.29, 0.717) is 24.4 Å². The Morgan fingerprint density at radius 2 is 2.19 bits per heavy atom. The summed E-state index contributed by atoms with van der Waals surface area (Å²) in [5, 5.41) is 32.7. The molecule has 43 heavy (non-hydrogen) atoms. The molecule has 2 aliphatic heterocycles. The van der Waals surface area contributed by atoms with Crippen LogP contribution in [0.1, 0.15) is 19.2 Å². The number of carboxylic acid groups (broad SMARTS) is 1. The van der Waals surface area contributed by atoms with Gasteiger partial charge in [-0.25, -0.2) is 4.79 Å². The molecule has 0 radical (unpaired) electrons. The maximum atomic E-state index is 13.2. The topological polar surface area (TPSA) is 214 Å². The second-order valence-corrected chi connectivity index (χ2v) is 11.4. The molecule has 18 heteroatoms. The lowest BCUT2D eigenvalue weighted by atomic mass is 10.0. The van der Waals surface area contributed by atoms with Gasteiger partial charge in [-0.3, -0.25) is 19.2 Å². The minimum Gasteiger partial charge on any atom is -0.477 e. The lowest BCUT2D eigenvalue weighted by Crippen LogP contribution is -2.71. The quantitative estimate of drug-likeness (QED) is 0.0472. The zero-order valence-corrected chi connectivity index (χ0v) is 24.8. The number of fused-ring (bicyclic) bond motifs is 2. The fourth-order valence-corrected chi connectivity index (χ4v) is 6.60. The average Bonchev–Trinajstić information content (AvgIpc) is 3.62. The van der Waals surface area contributed by atoms with Crippen molar-refractivity contribution in [1.82, 2.24) is 34.7 Å². The third-order valence-corrected chi connectivity index (χ3v) is 8.63. The van der Waals surface area contributed by atoms with E-state index in [9.17, 15) is 19.5 Å². The number of nitrogens with zero attached hydrogens (tertiary/aromatic N) is 7. The number of aryl methyl sites for hydroxylation is 1. The Kier molecular flexibility index (Phi) is 9.49. The number of thioether (sulfide) groups is 1. The number of hydrogen-bond acceptors (Lipinski definition) is 13. The Hall–Kier alpha value is -4.13. The number of carbonyl (C=O) groups is 3. The summed E-state index contributed by atoms with van der Waals surface area (Å²) in [6, 6.07) is 2.84. The number of amides is 2. The third-order valence-electron chi connectivity index (χ3n) is 6.75. The largest absolute Gasteiger partial charge is 0.477 e. The number of aliphatic hydroxyl groups excluding tert-OH is 1. The van der Waals surface area contributed by atoms with Crippen molar-refractivity contribution in [2.24, 2.45) is 5.16 Å². The van der Waals surface area contributed by atoms with Crippen LogP contribution in [0, 0.1) is 0 Å². The molecule has 5 heterocycles. The number of hydrogen-bond donors (Lipinski definition) is 5. The van der Waals surface area contributed by atoms with Gasteiger partial charge >= 0.3 is 5.97 Å². The van der Waals surface area contributed by atoms with E-state index in [1.54, 1.807) is 13.1 Å². The molecular formula is C25H31N10O6S2+. The highest BCUT2D eigenvalue weighted by Crippen LogP contribution is 2.40. The summed E-state index contributed by atoms with van der Waals surface area (Å²) < 4.78 is 7.80. The van der Waals surface area contributed by atoms with Gasteiger partial charge in [-0.1, -0.05) is 5.16 Å².